The van der Waals surface area contributed by atoms with Crippen LogP contribution in [0.2, 0.25) is 5.02 Å². The Hall–Kier alpha value is -2.32. The molecular weight excluding hydrogens is 340 g/mol. The van der Waals surface area contributed by atoms with E-state index in [1.54, 1.807) is 13.8 Å². The number of carbonyl (C=O) groups excluding carboxylic acids is 2. The van der Waals surface area contributed by atoms with Gasteiger partial charge in [0.05, 0.1) is 28.9 Å². The predicted octanol–water partition coefficient (Wildman–Crippen LogP) is 1.86. The van der Waals surface area contributed by atoms with Crippen molar-refractivity contribution < 1.29 is 29.3 Å². The molecule has 1 aromatic rings. The number of nitrogens with one attached hydrogen (secondary N) is 2. The van der Waals surface area contributed by atoms with Crippen molar-refractivity contribution in [2.75, 3.05) is 11.9 Å². The molecule has 0 heterocycles. The monoisotopic (exact) mass is 358 g/mol. The average Bonchev–Trinajstić information content (AvgIpc) is 2.46. The number of esters is 1. The van der Waals surface area contributed by atoms with Gasteiger partial charge in [0.1, 0.15) is 0 Å². The maximum absolute atomic E-state index is 11.8. The summed E-state index contributed by atoms with van der Waals surface area (Å²) in [6, 6.07) is 3.42. The minimum absolute atomic E-state index is 0.141. The molecule has 0 spiro atoms. The van der Waals surface area contributed by atoms with E-state index >= 15 is 0 Å². The molecule has 1 aromatic carbocycles. The Morgan fingerprint density at radius 3 is 2.50 bits per heavy atom. The molecule has 24 heavy (non-hydrogen) atoms. The number of carboxylic acid groups (broad SMARTS) is 1. The number of hydrogen-bond donors (Lipinski definition) is 4. The molecule has 0 fully saturated rings. The highest BCUT2D eigenvalue weighted by Crippen LogP contribution is 2.23. The smallest absolute Gasteiger partial charge is 0.338 e. The van der Waals surface area contributed by atoms with Gasteiger partial charge in [0.15, 0.2) is 5.60 Å². The Bertz CT molecular complexity index is 645. The normalized spacial score (nSPS) is 13.1. The van der Waals surface area contributed by atoms with Crippen LogP contribution in [-0.4, -0.2) is 46.4 Å². The van der Waals surface area contributed by atoms with Gasteiger partial charge in [0.25, 0.3) is 0 Å². The van der Waals surface area contributed by atoms with Gasteiger partial charge in [-0.2, -0.15) is 0 Å². The van der Waals surface area contributed by atoms with E-state index in [0.717, 1.165) is 6.92 Å². The van der Waals surface area contributed by atoms with Crippen LogP contribution in [0.3, 0.4) is 0 Å². The number of benzene rings is 1. The van der Waals surface area contributed by atoms with Crippen LogP contribution in [0.25, 0.3) is 0 Å². The number of aliphatic hydroxyl groups is 1. The first-order valence-corrected chi connectivity index (χ1v) is 7.42. The van der Waals surface area contributed by atoms with Gasteiger partial charge in [0, 0.05) is 0 Å². The van der Waals surface area contributed by atoms with Gasteiger partial charge in [0.2, 0.25) is 0 Å². The number of halogens is 1. The second-order valence-electron chi connectivity index (χ2n) is 5.54. The fraction of sp³-hybridized carbons (Fsp3) is 0.400. The largest absolute Gasteiger partial charge is 0.479 e. The van der Waals surface area contributed by atoms with Gasteiger partial charge < -0.3 is 25.6 Å². The number of amides is 2. The zero-order chi connectivity index (χ0) is 18.5. The molecule has 2 amide bonds. The zero-order valence-electron chi connectivity index (χ0n) is 13.4. The first-order chi connectivity index (χ1) is 11.0. The maximum atomic E-state index is 11.8. The van der Waals surface area contributed by atoms with Crippen LogP contribution in [0, 0.1) is 0 Å². The summed E-state index contributed by atoms with van der Waals surface area (Å²) in [6.45, 7) is 3.94. The second kappa shape index (κ2) is 7.98. The third-order valence-corrected chi connectivity index (χ3v) is 3.18. The number of hydrogen-bond acceptors (Lipinski definition) is 5. The van der Waals surface area contributed by atoms with Crippen molar-refractivity contribution in [1.29, 1.82) is 0 Å². The number of urea groups is 1. The fourth-order valence-corrected chi connectivity index (χ4v) is 1.69. The molecular formula is C15H19ClN2O6. The summed E-state index contributed by atoms with van der Waals surface area (Å²) in [5.41, 5.74) is -1.77. The van der Waals surface area contributed by atoms with E-state index in [9.17, 15) is 19.5 Å². The van der Waals surface area contributed by atoms with E-state index in [1.165, 1.54) is 18.2 Å². The fourth-order valence-electron chi connectivity index (χ4n) is 1.52. The molecule has 4 N–H and O–H groups in total. The summed E-state index contributed by atoms with van der Waals surface area (Å²) in [7, 11) is 0. The summed E-state index contributed by atoms with van der Waals surface area (Å²) in [4.78, 5) is 34.4. The summed E-state index contributed by atoms with van der Waals surface area (Å²) in [5, 5.41) is 23.1. The van der Waals surface area contributed by atoms with Gasteiger partial charge in [-0.25, -0.2) is 14.4 Å². The van der Waals surface area contributed by atoms with E-state index in [0.29, 0.717) is 0 Å². The highest BCUT2D eigenvalue weighted by Gasteiger charge is 2.30. The lowest BCUT2D eigenvalue weighted by Gasteiger charge is -2.18. The molecule has 0 radical (unpaired) electrons. The van der Waals surface area contributed by atoms with Crippen LogP contribution >= 0.6 is 11.6 Å². The van der Waals surface area contributed by atoms with Gasteiger partial charge in [-0.15, -0.1) is 0 Å². The second-order valence-corrected chi connectivity index (χ2v) is 5.94. The molecule has 1 rings (SSSR count). The molecule has 0 aromatic heterocycles. The standard InChI is InChI=1S/C15H19ClN2O6/c1-8(2)24-12(19)9-4-5-10(16)11(6-9)18-14(22)17-7-15(3,23)13(20)21/h4-6,8,23H,7H2,1-3H3,(H,20,21)(H2,17,18,22). The zero-order valence-corrected chi connectivity index (χ0v) is 14.2. The minimum atomic E-state index is -2.11. The number of ether oxygens (including phenoxy) is 1. The van der Waals surface area contributed by atoms with Gasteiger partial charge in [-0.1, -0.05) is 11.6 Å². The molecule has 1 atom stereocenters. The third-order valence-electron chi connectivity index (χ3n) is 2.85. The molecule has 8 nitrogen and oxygen atoms in total. The Labute approximate surface area is 143 Å². The van der Waals surface area contributed by atoms with Crippen LogP contribution in [0.4, 0.5) is 10.5 Å². The molecule has 0 saturated heterocycles. The van der Waals surface area contributed by atoms with Crippen LogP contribution in [0.1, 0.15) is 31.1 Å². The van der Waals surface area contributed by atoms with E-state index in [4.69, 9.17) is 21.4 Å². The summed E-state index contributed by atoms with van der Waals surface area (Å²) in [5.74, 6) is -2.04. The molecule has 132 valence electrons. The molecule has 1 unspecified atom stereocenters. The lowest BCUT2D eigenvalue weighted by Crippen LogP contribution is -2.47. The number of aliphatic carboxylic acids is 1. The van der Waals surface area contributed by atoms with Crippen molar-refractivity contribution in [3.63, 3.8) is 0 Å². The first-order valence-electron chi connectivity index (χ1n) is 7.04. The highest BCUT2D eigenvalue weighted by molar-refractivity contribution is 6.33. The van der Waals surface area contributed by atoms with Gasteiger partial charge in [-0.3, -0.25) is 0 Å². The third kappa shape index (κ3) is 5.71. The SMILES string of the molecule is CC(C)OC(=O)c1ccc(Cl)c(NC(=O)NCC(C)(O)C(=O)O)c1. The molecule has 0 aliphatic rings. The molecule has 0 bridgehead atoms. The molecule has 9 heteroatoms. The van der Waals surface area contributed by atoms with E-state index in [1.807, 2.05) is 0 Å². The van der Waals surface area contributed by atoms with Gasteiger partial charge >= 0.3 is 18.0 Å². The number of carbonyl (C=O) groups is 3. The Morgan fingerprint density at radius 1 is 1.33 bits per heavy atom. The van der Waals surface area contributed by atoms with Crippen LogP contribution in [0.15, 0.2) is 18.2 Å². The Kier molecular flexibility index (Phi) is 6.56. The first kappa shape index (κ1) is 19.7. The predicted molar refractivity (Wildman–Crippen MR) is 87.3 cm³/mol. The molecule has 0 saturated carbocycles. The average molecular weight is 359 g/mol. The number of carboxylic acids is 1. The van der Waals surface area contributed by atoms with Crippen molar-refractivity contribution in [2.45, 2.75) is 32.5 Å². The number of anilines is 1. The van der Waals surface area contributed by atoms with E-state index < -0.39 is 30.1 Å². The summed E-state index contributed by atoms with van der Waals surface area (Å²) >= 11 is 5.95. The quantitative estimate of drug-likeness (QED) is 0.575. The van der Waals surface area contributed by atoms with Crippen molar-refractivity contribution in [3.8, 4) is 0 Å². The summed E-state index contributed by atoms with van der Waals surface area (Å²) in [6.07, 6.45) is -0.300. The van der Waals surface area contributed by atoms with Crippen molar-refractivity contribution >= 4 is 35.3 Å². The maximum Gasteiger partial charge on any atom is 0.338 e. The molecule has 0 aliphatic carbocycles. The Morgan fingerprint density at radius 2 is 1.96 bits per heavy atom. The summed E-state index contributed by atoms with van der Waals surface area (Å²) < 4.78 is 5.05. The topological polar surface area (TPSA) is 125 Å². The van der Waals surface area contributed by atoms with Crippen molar-refractivity contribution in [2.24, 2.45) is 0 Å². The Balaban J connectivity index is 2.78. The van der Waals surface area contributed by atoms with Crippen LogP contribution < -0.4 is 10.6 Å². The van der Waals surface area contributed by atoms with Crippen molar-refractivity contribution in [3.05, 3.63) is 28.8 Å². The van der Waals surface area contributed by atoms with Crippen LogP contribution in [0.5, 0.6) is 0 Å². The van der Waals surface area contributed by atoms with Crippen LogP contribution in [-0.2, 0) is 9.53 Å². The van der Waals surface area contributed by atoms with Crippen molar-refractivity contribution in [1.82, 2.24) is 5.32 Å². The minimum Gasteiger partial charge on any atom is -0.479 e. The van der Waals surface area contributed by atoms with E-state index in [2.05, 4.69) is 10.6 Å². The highest BCUT2D eigenvalue weighted by atomic mass is 35.5. The lowest BCUT2D eigenvalue weighted by molar-refractivity contribution is -0.155. The molecule has 0 aliphatic heterocycles. The lowest BCUT2D eigenvalue weighted by atomic mass is 10.1. The van der Waals surface area contributed by atoms with E-state index in [-0.39, 0.29) is 22.4 Å². The number of rotatable bonds is 6. The van der Waals surface area contributed by atoms with Gasteiger partial charge in [-0.05, 0) is 39.0 Å².